The fourth-order valence-electron chi connectivity index (χ4n) is 6.08. The summed E-state index contributed by atoms with van der Waals surface area (Å²) >= 11 is 0. The zero-order valence-electron chi connectivity index (χ0n) is 23.7. The van der Waals surface area contributed by atoms with E-state index in [0.29, 0.717) is 45.9 Å². The number of fused-ring (bicyclic) bond motifs is 20. The monoisotopic (exact) mass is 556 g/mol. The lowest BCUT2D eigenvalue weighted by atomic mass is 10.1. The molecule has 2 aliphatic rings. The molecule has 0 atom stereocenters. The van der Waals surface area contributed by atoms with Crippen LogP contribution in [0, 0.1) is 20.8 Å². The molecule has 0 fully saturated rings. The number of H-pyrrole nitrogens is 2. The first-order valence-corrected chi connectivity index (χ1v) is 14.2. The quantitative estimate of drug-likeness (QED) is 0.197. The van der Waals surface area contributed by atoms with Crippen LogP contribution >= 0.6 is 0 Å². The van der Waals surface area contributed by atoms with Crippen molar-refractivity contribution in [2.24, 2.45) is 0 Å². The minimum absolute atomic E-state index is 0.600. The molecule has 0 aliphatic carbocycles. The molecule has 0 saturated carbocycles. The molecule has 2 N–H and O–H groups in total. The number of hydrogen-bond donors (Lipinski definition) is 2. The Bertz CT molecular complexity index is 2490. The number of aromatic amines is 2. The van der Waals surface area contributed by atoms with E-state index in [-0.39, 0.29) is 0 Å². The van der Waals surface area contributed by atoms with Crippen molar-refractivity contribution in [2.75, 3.05) is 0 Å². The maximum Gasteiger partial charge on any atom is 0.164 e. The summed E-state index contributed by atoms with van der Waals surface area (Å²) in [6.45, 7) is 6.23. The van der Waals surface area contributed by atoms with Crippen LogP contribution in [0.5, 0.6) is 0 Å². The molecule has 8 nitrogen and oxygen atoms in total. The Hall–Kier alpha value is -5.76. The second-order valence-electron chi connectivity index (χ2n) is 11.3. The van der Waals surface area contributed by atoms with E-state index >= 15 is 0 Å². The van der Waals surface area contributed by atoms with Gasteiger partial charge in [-0.1, -0.05) is 77.4 Å². The van der Waals surface area contributed by atoms with Crippen molar-refractivity contribution < 1.29 is 0 Å². The highest BCUT2D eigenvalue weighted by atomic mass is 15.1. The van der Waals surface area contributed by atoms with E-state index < -0.39 is 0 Å². The number of rotatable bonds is 0. The van der Waals surface area contributed by atoms with Gasteiger partial charge in [-0.25, -0.2) is 29.9 Å². The van der Waals surface area contributed by atoms with Crippen molar-refractivity contribution in [3.8, 4) is 45.6 Å². The lowest BCUT2D eigenvalue weighted by Crippen LogP contribution is -1.83. The fourth-order valence-corrected chi connectivity index (χ4v) is 6.08. The molecule has 9 rings (SSSR count). The summed E-state index contributed by atoms with van der Waals surface area (Å²) in [6.07, 6.45) is 0. The standard InChI is InChI=1S/C35H24N8/c1-17-8-11-22-25(14-17)34-39-30(22)37-28-20-6-4-5-7-21(20)29(36-28)38-33-26-15-18(2)9-12-23(26)31(40-33)42-35-27-16-19(3)10-13-24(27)32(41-34)43-35/h4-16H,1-3H3,(H2,36,37,38,39,40,41,42,43). The molecule has 7 aromatic rings. The molecule has 0 spiro atoms. The van der Waals surface area contributed by atoms with E-state index in [1.54, 1.807) is 0 Å². The fraction of sp³-hybridized carbons (Fsp3) is 0.0857. The second-order valence-corrected chi connectivity index (χ2v) is 11.3. The molecule has 0 unspecified atom stereocenters. The number of nitrogens with one attached hydrogen (secondary N) is 2. The van der Waals surface area contributed by atoms with Crippen LogP contribution in [0.3, 0.4) is 0 Å². The molecule has 0 amide bonds. The van der Waals surface area contributed by atoms with Crippen molar-refractivity contribution in [3.63, 3.8) is 0 Å². The van der Waals surface area contributed by atoms with Crippen molar-refractivity contribution in [1.29, 1.82) is 0 Å². The first kappa shape index (κ1) is 23.9. The molecule has 2 aliphatic heterocycles. The molecular weight excluding hydrogens is 532 g/mol. The summed E-state index contributed by atoms with van der Waals surface area (Å²) in [6, 6.07) is 27.0. The molecule has 5 heterocycles. The van der Waals surface area contributed by atoms with Crippen LogP contribution in [0.2, 0.25) is 0 Å². The van der Waals surface area contributed by atoms with Gasteiger partial charge in [-0.15, -0.1) is 0 Å². The lowest BCUT2D eigenvalue weighted by molar-refractivity contribution is 1.19. The zero-order valence-corrected chi connectivity index (χ0v) is 23.7. The highest BCUT2D eigenvalue weighted by molar-refractivity contribution is 6.06. The van der Waals surface area contributed by atoms with E-state index in [4.69, 9.17) is 29.9 Å². The Balaban J connectivity index is 1.51. The van der Waals surface area contributed by atoms with Gasteiger partial charge in [0.05, 0.1) is 0 Å². The van der Waals surface area contributed by atoms with E-state index in [2.05, 4.69) is 85.3 Å². The Kier molecular flexibility index (Phi) is 4.79. The molecule has 8 heteroatoms. The topological polar surface area (TPSA) is 109 Å². The van der Waals surface area contributed by atoms with Gasteiger partial charge in [-0.2, -0.15) is 0 Å². The maximum absolute atomic E-state index is 5.10. The van der Waals surface area contributed by atoms with E-state index in [9.17, 15) is 0 Å². The third kappa shape index (κ3) is 3.63. The first-order chi connectivity index (χ1) is 21.0. The van der Waals surface area contributed by atoms with Gasteiger partial charge in [0.1, 0.15) is 22.6 Å². The van der Waals surface area contributed by atoms with Gasteiger partial charge in [-0.05, 0) is 39.0 Å². The molecular formula is C35H24N8. The van der Waals surface area contributed by atoms with Crippen LogP contribution in [0.1, 0.15) is 16.7 Å². The molecule has 4 aromatic carbocycles. The van der Waals surface area contributed by atoms with Gasteiger partial charge in [0, 0.05) is 43.8 Å². The number of hydrogen-bond acceptors (Lipinski definition) is 6. The third-order valence-corrected chi connectivity index (χ3v) is 8.20. The Morgan fingerprint density at radius 2 is 0.767 bits per heavy atom. The SMILES string of the molecule is Cc1ccc2c(c1)-c1nc-2nc2[nH]c(nc3nc(nc4[nH]c(n1)c1ccc(C)cc41)-c1ccccc1-3)c1ccc(C)cc21. The number of aromatic nitrogens is 8. The molecule has 43 heavy (non-hydrogen) atoms. The summed E-state index contributed by atoms with van der Waals surface area (Å²) in [4.78, 5) is 37.3. The first-order valence-electron chi connectivity index (χ1n) is 14.2. The Morgan fingerprint density at radius 1 is 0.372 bits per heavy atom. The van der Waals surface area contributed by atoms with Gasteiger partial charge in [0.25, 0.3) is 0 Å². The van der Waals surface area contributed by atoms with Gasteiger partial charge in [0.2, 0.25) is 0 Å². The van der Waals surface area contributed by atoms with Crippen LogP contribution in [-0.4, -0.2) is 39.9 Å². The highest BCUT2D eigenvalue weighted by Crippen LogP contribution is 2.37. The maximum atomic E-state index is 5.10. The average Bonchev–Trinajstić information content (AvgIpc) is 3.72. The predicted octanol–water partition coefficient (Wildman–Crippen LogP) is 7.79. The Morgan fingerprint density at radius 3 is 1.28 bits per heavy atom. The van der Waals surface area contributed by atoms with Gasteiger partial charge in [-0.3, -0.25) is 0 Å². The van der Waals surface area contributed by atoms with E-state index in [0.717, 1.165) is 60.5 Å². The molecule has 204 valence electrons. The minimum Gasteiger partial charge on any atom is -0.324 e. The van der Waals surface area contributed by atoms with Crippen molar-refractivity contribution in [2.45, 2.75) is 20.8 Å². The van der Waals surface area contributed by atoms with Crippen molar-refractivity contribution in [1.82, 2.24) is 39.9 Å². The molecule has 3 aromatic heterocycles. The molecule has 0 saturated heterocycles. The van der Waals surface area contributed by atoms with Gasteiger partial charge >= 0.3 is 0 Å². The van der Waals surface area contributed by atoms with Crippen molar-refractivity contribution >= 4 is 44.1 Å². The van der Waals surface area contributed by atoms with E-state index in [1.807, 2.05) is 24.3 Å². The minimum atomic E-state index is 0.600. The summed E-state index contributed by atoms with van der Waals surface area (Å²) in [5, 5.41) is 3.87. The van der Waals surface area contributed by atoms with Crippen LogP contribution in [0.15, 0.2) is 78.9 Å². The average molecular weight is 557 g/mol. The van der Waals surface area contributed by atoms with Gasteiger partial charge < -0.3 is 9.97 Å². The highest BCUT2D eigenvalue weighted by Gasteiger charge is 2.22. The predicted molar refractivity (Wildman–Crippen MR) is 170 cm³/mol. The number of nitrogens with zero attached hydrogens (tertiary/aromatic N) is 6. The normalized spacial score (nSPS) is 12.1. The van der Waals surface area contributed by atoms with Crippen molar-refractivity contribution in [3.05, 3.63) is 95.6 Å². The summed E-state index contributed by atoms with van der Waals surface area (Å²) in [5.41, 5.74) is 9.91. The zero-order chi connectivity index (χ0) is 28.8. The summed E-state index contributed by atoms with van der Waals surface area (Å²) in [7, 11) is 0. The Labute approximate surface area is 245 Å². The van der Waals surface area contributed by atoms with Crippen LogP contribution in [0.25, 0.3) is 89.7 Å². The van der Waals surface area contributed by atoms with Crippen LogP contribution < -0.4 is 0 Å². The number of benzene rings is 4. The number of aryl methyl sites for hydroxylation is 3. The second kappa shape index (κ2) is 8.62. The summed E-state index contributed by atoms with van der Waals surface area (Å²) in [5.74, 6) is 2.41. The molecule has 0 radical (unpaired) electrons. The third-order valence-electron chi connectivity index (χ3n) is 8.20. The van der Waals surface area contributed by atoms with Crippen LogP contribution in [0.4, 0.5) is 0 Å². The van der Waals surface area contributed by atoms with Gasteiger partial charge in [0.15, 0.2) is 23.3 Å². The van der Waals surface area contributed by atoms with E-state index in [1.165, 1.54) is 0 Å². The smallest absolute Gasteiger partial charge is 0.164 e. The largest absolute Gasteiger partial charge is 0.324 e. The summed E-state index contributed by atoms with van der Waals surface area (Å²) < 4.78 is 0. The lowest BCUT2D eigenvalue weighted by Gasteiger charge is -1.99. The van der Waals surface area contributed by atoms with Crippen LogP contribution in [-0.2, 0) is 0 Å². The molecule has 8 bridgehead atoms.